The van der Waals surface area contributed by atoms with Crippen LogP contribution in [0, 0.1) is 29.0 Å². The number of aromatic nitrogens is 2. The lowest BCUT2D eigenvalue weighted by molar-refractivity contribution is -0.108. The molecule has 9 nitrogen and oxygen atoms in total. The molecule has 0 amide bonds. The van der Waals surface area contributed by atoms with Crippen molar-refractivity contribution in [1.82, 2.24) is 19.4 Å². The first-order valence-electron chi connectivity index (χ1n) is 16.8. The number of nitrogens with one attached hydrogen (secondary N) is 1. The smallest absolute Gasteiger partial charge is 0.261 e. The van der Waals surface area contributed by atoms with Crippen LogP contribution in [0.5, 0.6) is 5.75 Å². The molecule has 10 heteroatoms. The van der Waals surface area contributed by atoms with Crippen molar-refractivity contribution in [3.05, 3.63) is 64.5 Å². The number of anilines is 1. The summed E-state index contributed by atoms with van der Waals surface area (Å²) in [6.45, 7) is 13.2. The fourth-order valence-corrected chi connectivity index (χ4v) is 7.88. The number of nitrogens with zero attached hydrogens (tertiary/aromatic N) is 5. The van der Waals surface area contributed by atoms with Gasteiger partial charge in [0.05, 0.1) is 30.4 Å². The van der Waals surface area contributed by atoms with Gasteiger partial charge in [0.1, 0.15) is 11.6 Å². The molecule has 3 aromatic rings. The summed E-state index contributed by atoms with van der Waals surface area (Å²) in [5.41, 5.74) is 2.29. The van der Waals surface area contributed by atoms with Gasteiger partial charge >= 0.3 is 0 Å². The fraction of sp³-hybridized carbons (Fsp3) is 0.583. The summed E-state index contributed by atoms with van der Waals surface area (Å²) in [6, 6.07) is 10.8. The Bertz CT molecular complexity index is 1620. The lowest BCUT2D eigenvalue weighted by Gasteiger charge is -2.61. The molecule has 4 fully saturated rings. The van der Waals surface area contributed by atoms with Crippen LogP contribution in [-0.4, -0.2) is 84.9 Å². The standard InChI is InChI=1S/C36H49FN6O3/c1-24-30-19-26(36(30,2)3)20-32(24)40-35(42-16-14-41(15-17-42)12-6-18-45-4)39-27-8-10-29-33(21-27)38-23-43(34(29)44)13-11-25-7-9-28(46-5)22-31(25)37/h7-10,21-24,26,30,32H,6,11-20H2,1-5H3,(H,39,40)/t24-,26-,30-,32?/m1/s1. The van der Waals surface area contributed by atoms with Crippen molar-refractivity contribution in [3.63, 3.8) is 0 Å². The van der Waals surface area contributed by atoms with Gasteiger partial charge in [-0.25, -0.2) is 14.4 Å². The molecule has 3 saturated carbocycles. The molecule has 3 aliphatic carbocycles. The number of ether oxygens (including phenoxy) is 2. The highest BCUT2D eigenvalue weighted by atomic mass is 19.1. The first-order chi connectivity index (χ1) is 22.2. The predicted octanol–water partition coefficient (Wildman–Crippen LogP) is 5.28. The molecule has 2 bridgehead atoms. The van der Waals surface area contributed by atoms with Gasteiger partial charge in [-0.2, -0.15) is 0 Å². The fourth-order valence-electron chi connectivity index (χ4n) is 7.88. The van der Waals surface area contributed by atoms with E-state index in [-0.39, 0.29) is 11.4 Å². The minimum atomic E-state index is -0.342. The van der Waals surface area contributed by atoms with Crippen LogP contribution in [0.3, 0.4) is 0 Å². The first-order valence-corrected chi connectivity index (χ1v) is 16.8. The van der Waals surface area contributed by atoms with Gasteiger partial charge in [-0.15, -0.1) is 0 Å². The molecule has 1 N–H and O–H groups in total. The monoisotopic (exact) mass is 632 g/mol. The number of hydrogen-bond acceptors (Lipinski definition) is 6. The highest BCUT2D eigenvalue weighted by molar-refractivity contribution is 5.96. The number of halogens is 1. The zero-order valence-electron chi connectivity index (χ0n) is 28.0. The maximum atomic E-state index is 14.5. The summed E-state index contributed by atoms with van der Waals surface area (Å²) < 4.78 is 26.4. The molecule has 4 atom stereocenters. The second-order valence-electron chi connectivity index (χ2n) is 14.0. The zero-order valence-corrected chi connectivity index (χ0v) is 28.0. The van der Waals surface area contributed by atoms with Gasteiger partial charge in [0.15, 0.2) is 5.96 Å². The molecular formula is C36H49FN6O3. The largest absolute Gasteiger partial charge is 0.497 e. The predicted molar refractivity (Wildman–Crippen MR) is 181 cm³/mol. The van der Waals surface area contributed by atoms with Crippen molar-refractivity contribution in [2.75, 3.05) is 58.9 Å². The molecule has 4 aliphatic rings. The van der Waals surface area contributed by atoms with Crippen molar-refractivity contribution in [3.8, 4) is 5.75 Å². The Morgan fingerprint density at radius 2 is 1.89 bits per heavy atom. The number of fused-ring (bicyclic) bond motifs is 3. The Labute approximate surface area is 271 Å². The van der Waals surface area contributed by atoms with Gasteiger partial charge in [-0.05, 0) is 78.7 Å². The molecule has 2 aromatic carbocycles. The molecule has 46 heavy (non-hydrogen) atoms. The molecule has 1 aliphatic heterocycles. The number of rotatable bonds is 10. The summed E-state index contributed by atoms with van der Waals surface area (Å²) in [4.78, 5) is 28.3. The van der Waals surface area contributed by atoms with Crippen molar-refractivity contribution < 1.29 is 13.9 Å². The van der Waals surface area contributed by atoms with Gasteiger partial charge in [-0.3, -0.25) is 14.3 Å². The third kappa shape index (κ3) is 6.65. The number of methoxy groups -OCH3 is 2. The molecule has 248 valence electrons. The van der Waals surface area contributed by atoms with E-state index in [2.05, 4.69) is 40.9 Å². The van der Waals surface area contributed by atoms with Crippen LogP contribution in [0.2, 0.25) is 0 Å². The van der Waals surface area contributed by atoms with Crippen LogP contribution < -0.4 is 15.6 Å². The van der Waals surface area contributed by atoms with E-state index in [4.69, 9.17) is 14.5 Å². The molecule has 1 aromatic heterocycles. The molecule has 1 unspecified atom stereocenters. The summed E-state index contributed by atoms with van der Waals surface area (Å²) in [6.07, 6.45) is 5.43. The number of benzene rings is 2. The minimum Gasteiger partial charge on any atom is -0.497 e. The summed E-state index contributed by atoms with van der Waals surface area (Å²) in [5, 5.41) is 4.20. The molecule has 0 spiro atoms. The van der Waals surface area contributed by atoms with E-state index in [0.717, 1.165) is 69.7 Å². The lowest BCUT2D eigenvalue weighted by Crippen LogP contribution is -2.57. The second kappa shape index (κ2) is 13.7. The van der Waals surface area contributed by atoms with Crippen LogP contribution in [0.1, 0.15) is 45.6 Å². The Morgan fingerprint density at radius 1 is 1.09 bits per heavy atom. The highest BCUT2D eigenvalue weighted by Crippen LogP contribution is 2.61. The number of aliphatic imine (C=N–C) groups is 1. The summed E-state index contributed by atoms with van der Waals surface area (Å²) in [5.74, 6) is 3.03. The van der Waals surface area contributed by atoms with Crippen molar-refractivity contribution >= 4 is 22.5 Å². The van der Waals surface area contributed by atoms with Crippen LogP contribution in [-0.2, 0) is 17.7 Å². The van der Waals surface area contributed by atoms with E-state index in [0.29, 0.717) is 58.5 Å². The van der Waals surface area contributed by atoms with Gasteiger partial charge in [-0.1, -0.05) is 26.8 Å². The third-order valence-corrected chi connectivity index (χ3v) is 11.1. The van der Waals surface area contributed by atoms with Gasteiger partial charge in [0, 0.05) is 64.7 Å². The highest BCUT2D eigenvalue weighted by Gasteiger charge is 2.56. The SMILES string of the molecule is COCCCN1CCN(C(=NC2C[C@H]3C[C@H]([C@H]2C)C3(C)C)Nc2ccc3c(=O)n(CCc4ccc(OC)cc4F)cnc3c2)CC1. The van der Waals surface area contributed by atoms with Crippen molar-refractivity contribution in [1.29, 1.82) is 0 Å². The second-order valence-corrected chi connectivity index (χ2v) is 14.0. The van der Waals surface area contributed by atoms with E-state index in [1.165, 1.54) is 19.6 Å². The Balaban J connectivity index is 1.19. The van der Waals surface area contributed by atoms with Gasteiger partial charge < -0.3 is 19.7 Å². The maximum absolute atomic E-state index is 14.5. The Kier molecular flexibility index (Phi) is 9.66. The summed E-state index contributed by atoms with van der Waals surface area (Å²) in [7, 11) is 3.27. The number of guanidine groups is 1. The van der Waals surface area contributed by atoms with E-state index >= 15 is 0 Å². The number of piperazine rings is 1. The minimum absolute atomic E-state index is 0.137. The third-order valence-electron chi connectivity index (χ3n) is 11.1. The average molecular weight is 633 g/mol. The zero-order chi connectivity index (χ0) is 32.4. The normalized spacial score (nSPS) is 24.6. The van der Waals surface area contributed by atoms with E-state index in [9.17, 15) is 9.18 Å². The van der Waals surface area contributed by atoms with Crippen molar-refractivity contribution in [2.24, 2.45) is 28.2 Å². The van der Waals surface area contributed by atoms with E-state index < -0.39 is 0 Å². The molecular weight excluding hydrogens is 583 g/mol. The van der Waals surface area contributed by atoms with Crippen LogP contribution in [0.25, 0.3) is 10.9 Å². The van der Waals surface area contributed by atoms with Crippen LogP contribution >= 0.6 is 0 Å². The van der Waals surface area contributed by atoms with Crippen LogP contribution in [0.15, 0.2) is 52.5 Å². The van der Waals surface area contributed by atoms with E-state index in [1.807, 2.05) is 18.2 Å². The quantitative estimate of drug-likeness (QED) is 0.185. The molecule has 0 radical (unpaired) electrons. The first kappa shape index (κ1) is 32.4. The number of aryl methyl sites for hydroxylation is 2. The summed E-state index contributed by atoms with van der Waals surface area (Å²) >= 11 is 0. The average Bonchev–Trinajstić information content (AvgIpc) is 3.05. The maximum Gasteiger partial charge on any atom is 0.261 e. The van der Waals surface area contributed by atoms with Gasteiger partial charge in [0.25, 0.3) is 5.56 Å². The molecule has 7 rings (SSSR count). The Morgan fingerprint density at radius 3 is 2.59 bits per heavy atom. The Hall–Kier alpha value is -3.50. The van der Waals surface area contributed by atoms with E-state index in [1.54, 1.807) is 30.1 Å². The number of hydrogen-bond donors (Lipinski definition) is 1. The topological polar surface area (TPSA) is 84.2 Å². The lowest BCUT2D eigenvalue weighted by atomic mass is 9.45. The van der Waals surface area contributed by atoms with Crippen LogP contribution in [0.4, 0.5) is 10.1 Å². The molecule has 1 saturated heterocycles. The van der Waals surface area contributed by atoms with Crippen molar-refractivity contribution in [2.45, 2.75) is 59.0 Å². The molecule has 2 heterocycles. The van der Waals surface area contributed by atoms with Gasteiger partial charge in [0.2, 0.25) is 0 Å².